The number of aromatic nitrogens is 2. The van der Waals surface area contributed by atoms with Crippen molar-refractivity contribution in [3.63, 3.8) is 0 Å². The van der Waals surface area contributed by atoms with Crippen LogP contribution in [-0.2, 0) is 32.5 Å². The van der Waals surface area contributed by atoms with Crippen molar-refractivity contribution >= 4 is 39.0 Å². The molecule has 3 rings (SSSR count). The van der Waals surface area contributed by atoms with E-state index in [9.17, 15) is 13.2 Å². The van der Waals surface area contributed by atoms with Gasteiger partial charge in [0.05, 0.1) is 23.8 Å². The summed E-state index contributed by atoms with van der Waals surface area (Å²) in [5.74, 6) is -1.34. The van der Waals surface area contributed by atoms with Crippen LogP contribution in [0.25, 0.3) is 11.1 Å². The van der Waals surface area contributed by atoms with Crippen LogP contribution in [0.2, 0.25) is 10.0 Å². The minimum Gasteiger partial charge on any atom is -0.461 e. The van der Waals surface area contributed by atoms with E-state index < -0.39 is 21.6 Å². The van der Waals surface area contributed by atoms with Crippen molar-refractivity contribution in [3.8, 4) is 11.1 Å². The Morgan fingerprint density at radius 2 is 1.72 bits per heavy atom. The highest BCUT2D eigenvalue weighted by atomic mass is 35.5. The topological polar surface area (TPSA) is 86.2 Å². The highest BCUT2D eigenvalue weighted by molar-refractivity contribution is 7.89. The van der Waals surface area contributed by atoms with Gasteiger partial charge in [0.25, 0.3) is 0 Å². The standard InChI is InChI=1S/C23H22Cl2N2O4S/c1-3-15-5-6-16(19-8-7-18(24)12-20(19)25)11-17(15)13-32(29,30)14-21-22(23(28)31-4-2)27-10-9-26-21/h5-12H,3-4,13-14H2,1-2H3. The van der Waals surface area contributed by atoms with E-state index in [-0.39, 0.29) is 23.7 Å². The maximum Gasteiger partial charge on any atom is 0.358 e. The summed E-state index contributed by atoms with van der Waals surface area (Å²) < 4.78 is 31.1. The largest absolute Gasteiger partial charge is 0.461 e. The molecular weight excluding hydrogens is 471 g/mol. The van der Waals surface area contributed by atoms with E-state index in [0.717, 1.165) is 16.7 Å². The predicted octanol–water partition coefficient (Wildman–Crippen LogP) is 5.30. The molecule has 6 nitrogen and oxygen atoms in total. The highest BCUT2D eigenvalue weighted by Gasteiger charge is 2.23. The van der Waals surface area contributed by atoms with Gasteiger partial charge in [-0.25, -0.2) is 18.2 Å². The smallest absolute Gasteiger partial charge is 0.358 e. The van der Waals surface area contributed by atoms with Gasteiger partial charge >= 0.3 is 5.97 Å². The summed E-state index contributed by atoms with van der Waals surface area (Å²) >= 11 is 12.3. The number of nitrogens with zero attached hydrogens (tertiary/aromatic N) is 2. The number of carbonyl (C=O) groups excluding carboxylic acids is 1. The number of sulfone groups is 1. The summed E-state index contributed by atoms with van der Waals surface area (Å²) in [6.07, 6.45) is 3.35. The van der Waals surface area contributed by atoms with E-state index in [1.54, 1.807) is 25.1 Å². The number of ether oxygens (including phenoxy) is 1. The lowest BCUT2D eigenvalue weighted by Gasteiger charge is -2.13. The van der Waals surface area contributed by atoms with Crippen molar-refractivity contribution in [3.05, 3.63) is 81.4 Å². The van der Waals surface area contributed by atoms with Gasteiger partial charge in [0, 0.05) is 28.0 Å². The van der Waals surface area contributed by atoms with Crippen LogP contribution < -0.4 is 0 Å². The number of hydrogen-bond acceptors (Lipinski definition) is 6. The molecule has 1 heterocycles. The minimum absolute atomic E-state index is 0.0703. The molecule has 1 aromatic heterocycles. The first-order valence-corrected chi connectivity index (χ1v) is 12.6. The molecule has 0 aliphatic carbocycles. The third-order valence-corrected chi connectivity index (χ3v) is 6.82. The zero-order valence-corrected chi connectivity index (χ0v) is 20.0. The number of benzene rings is 2. The Hall–Kier alpha value is -2.48. The molecule has 0 saturated carbocycles. The maximum absolute atomic E-state index is 13.1. The average Bonchev–Trinajstić information content (AvgIpc) is 2.73. The van der Waals surface area contributed by atoms with Crippen LogP contribution in [0.15, 0.2) is 48.8 Å². The molecule has 0 radical (unpaired) electrons. The Morgan fingerprint density at radius 1 is 0.969 bits per heavy atom. The molecule has 9 heteroatoms. The molecule has 0 N–H and O–H groups in total. The molecule has 0 saturated heterocycles. The average molecular weight is 493 g/mol. The number of carbonyl (C=O) groups is 1. The number of hydrogen-bond donors (Lipinski definition) is 0. The van der Waals surface area contributed by atoms with Gasteiger partial charge in [-0.2, -0.15) is 0 Å². The molecular formula is C23H22Cl2N2O4S. The molecule has 0 spiro atoms. The van der Waals surface area contributed by atoms with Crippen LogP contribution in [0, 0.1) is 0 Å². The van der Waals surface area contributed by atoms with Crippen molar-refractivity contribution < 1.29 is 17.9 Å². The first-order valence-electron chi connectivity index (χ1n) is 9.98. The van der Waals surface area contributed by atoms with E-state index >= 15 is 0 Å². The van der Waals surface area contributed by atoms with E-state index in [0.29, 0.717) is 22.0 Å². The quantitative estimate of drug-likeness (QED) is 0.396. The molecule has 168 valence electrons. The fourth-order valence-electron chi connectivity index (χ4n) is 3.34. The Kier molecular flexibility index (Phi) is 7.87. The third kappa shape index (κ3) is 5.85. The Morgan fingerprint density at radius 3 is 2.41 bits per heavy atom. The Balaban J connectivity index is 1.93. The highest BCUT2D eigenvalue weighted by Crippen LogP contribution is 2.32. The first kappa shape index (κ1) is 24.2. The molecule has 0 amide bonds. The monoisotopic (exact) mass is 492 g/mol. The van der Waals surface area contributed by atoms with E-state index in [1.807, 2.05) is 25.1 Å². The lowest BCUT2D eigenvalue weighted by atomic mass is 9.98. The number of aryl methyl sites for hydroxylation is 1. The van der Waals surface area contributed by atoms with E-state index in [4.69, 9.17) is 27.9 Å². The van der Waals surface area contributed by atoms with Gasteiger partial charge in [0.15, 0.2) is 15.5 Å². The molecule has 0 fully saturated rings. The summed E-state index contributed by atoms with van der Waals surface area (Å²) in [5.41, 5.74) is 3.11. The van der Waals surface area contributed by atoms with Gasteiger partial charge in [-0.05, 0) is 48.2 Å². The van der Waals surface area contributed by atoms with Gasteiger partial charge in [-0.1, -0.05) is 48.3 Å². The second-order valence-corrected chi connectivity index (χ2v) is 9.97. The molecule has 2 aromatic carbocycles. The fourth-order valence-corrected chi connectivity index (χ4v) is 5.33. The van der Waals surface area contributed by atoms with Crippen LogP contribution in [-0.4, -0.2) is 31.0 Å². The molecule has 0 aliphatic heterocycles. The molecule has 0 aliphatic rings. The zero-order valence-electron chi connectivity index (χ0n) is 17.6. The van der Waals surface area contributed by atoms with Gasteiger partial charge in [0.2, 0.25) is 0 Å². The van der Waals surface area contributed by atoms with E-state index in [1.165, 1.54) is 12.4 Å². The van der Waals surface area contributed by atoms with Crippen molar-refractivity contribution in [2.45, 2.75) is 31.8 Å². The Bertz CT molecular complexity index is 1250. The summed E-state index contributed by atoms with van der Waals surface area (Å²) in [4.78, 5) is 20.2. The third-order valence-electron chi connectivity index (χ3n) is 4.80. The Labute approximate surface area is 197 Å². The summed E-state index contributed by atoms with van der Waals surface area (Å²) in [6.45, 7) is 3.78. The van der Waals surface area contributed by atoms with Crippen molar-refractivity contribution in [2.75, 3.05) is 6.61 Å². The molecule has 0 atom stereocenters. The SMILES string of the molecule is CCOC(=O)c1nccnc1CS(=O)(=O)Cc1cc(-c2ccc(Cl)cc2Cl)ccc1CC. The second kappa shape index (κ2) is 10.4. The minimum atomic E-state index is -3.67. The fraction of sp³-hybridized carbons (Fsp3) is 0.261. The van der Waals surface area contributed by atoms with Crippen LogP contribution in [0.1, 0.15) is 41.2 Å². The lowest BCUT2D eigenvalue weighted by molar-refractivity contribution is 0.0517. The van der Waals surface area contributed by atoms with Crippen molar-refractivity contribution in [2.24, 2.45) is 0 Å². The second-order valence-electron chi connectivity index (χ2n) is 7.07. The molecule has 32 heavy (non-hydrogen) atoms. The van der Waals surface area contributed by atoms with Crippen molar-refractivity contribution in [1.82, 2.24) is 9.97 Å². The normalized spacial score (nSPS) is 11.4. The van der Waals surface area contributed by atoms with Gasteiger partial charge < -0.3 is 4.74 Å². The zero-order chi connectivity index (χ0) is 23.3. The first-order chi connectivity index (χ1) is 15.2. The summed E-state index contributed by atoms with van der Waals surface area (Å²) in [5, 5.41) is 1.00. The predicted molar refractivity (Wildman–Crippen MR) is 126 cm³/mol. The van der Waals surface area contributed by atoms with Crippen LogP contribution in [0.5, 0.6) is 0 Å². The van der Waals surface area contributed by atoms with Gasteiger partial charge in [-0.15, -0.1) is 0 Å². The van der Waals surface area contributed by atoms with Gasteiger partial charge in [0.1, 0.15) is 0 Å². The lowest BCUT2D eigenvalue weighted by Crippen LogP contribution is -2.16. The number of rotatable bonds is 8. The summed E-state index contributed by atoms with van der Waals surface area (Å²) in [7, 11) is -3.67. The number of esters is 1. The summed E-state index contributed by atoms with van der Waals surface area (Å²) in [6, 6.07) is 10.8. The molecule has 0 unspecified atom stereocenters. The maximum atomic E-state index is 13.1. The van der Waals surface area contributed by atoms with E-state index in [2.05, 4.69) is 9.97 Å². The van der Waals surface area contributed by atoms with Gasteiger partial charge in [-0.3, -0.25) is 4.98 Å². The number of halogens is 2. The van der Waals surface area contributed by atoms with Crippen LogP contribution in [0.4, 0.5) is 0 Å². The molecule has 0 bridgehead atoms. The van der Waals surface area contributed by atoms with Crippen LogP contribution >= 0.6 is 23.2 Å². The van der Waals surface area contributed by atoms with Crippen molar-refractivity contribution in [1.29, 1.82) is 0 Å². The molecule has 3 aromatic rings. The van der Waals surface area contributed by atoms with Crippen LogP contribution in [0.3, 0.4) is 0 Å².